The number of hydrogen-bond acceptors (Lipinski definition) is 9. The molecule has 0 atom stereocenters. The van der Waals surface area contributed by atoms with Crippen molar-refractivity contribution in [1.29, 1.82) is 0 Å². The fourth-order valence-corrected chi connectivity index (χ4v) is 1.45. The first kappa shape index (κ1) is 27.8. The van der Waals surface area contributed by atoms with Gasteiger partial charge >= 0.3 is 29.8 Å². The van der Waals surface area contributed by atoms with Gasteiger partial charge in [-0.05, 0) is 23.8 Å². The third kappa shape index (κ3) is 8.54. The maximum atomic E-state index is 10.5. The van der Waals surface area contributed by atoms with Crippen molar-refractivity contribution < 1.29 is 51.1 Å². The lowest BCUT2D eigenvalue weighted by molar-refractivity contribution is -0.350. The molecule has 1 aromatic heterocycles. The van der Waals surface area contributed by atoms with Crippen molar-refractivity contribution in [3.05, 3.63) is 34.9 Å². The molecule has 0 aliphatic rings. The molecule has 1 aromatic carbocycles. The molecule has 0 bridgehead atoms. The van der Waals surface area contributed by atoms with E-state index in [0.29, 0.717) is 0 Å². The average Bonchev–Trinajstić information content (AvgIpc) is 2.45. The van der Waals surface area contributed by atoms with E-state index in [1.807, 2.05) is 0 Å². The van der Waals surface area contributed by atoms with Crippen molar-refractivity contribution in [3.63, 3.8) is 0 Å². The third-order valence-electron chi connectivity index (χ3n) is 2.39. The molecule has 15 N–H and O–H groups in total. The van der Waals surface area contributed by atoms with Gasteiger partial charge in [-0.25, -0.2) is 14.6 Å². The number of H-pyrrole nitrogens is 1. The summed E-state index contributed by atoms with van der Waals surface area (Å²) in [6.45, 7) is 0. The average molecular weight is 390 g/mol. The van der Waals surface area contributed by atoms with Gasteiger partial charge in [0.15, 0.2) is 0 Å². The monoisotopic (exact) mass is 390 g/mol. The summed E-state index contributed by atoms with van der Waals surface area (Å²) in [5, 5.41) is 27.6. The highest BCUT2D eigenvalue weighted by atomic mass is 16.4. The zero-order valence-electron chi connectivity index (χ0n) is 13.4. The number of nitrogens with one attached hydrogen (secondary N) is 1. The molecule has 15 heteroatoms. The van der Waals surface area contributed by atoms with Gasteiger partial charge in [0.2, 0.25) is 0 Å². The molecule has 0 saturated carbocycles. The molecule has 0 saturated heterocycles. The molecule has 0 aliphatic carbocycles. The minimum absolute atomic E-state index is 0. The van der Waals surface area contributed by atoms with Gasteiger partial charge in [0, 0.05) is 0 Å². The van der Waals surface area contributed by atoms with E-state index < -0.39 is 34.6 Å². The summed E-state index contributed by atoms with van der Waals surface area (Å²) >= 11 is 0. The van der Waals surface area contributed by atoms with Gasteiger partial charge in [0.1, 0.15) is 0 Å². The predicted octanol–water partition coefficient (Wildman–Crippen LogP) is -4.99. The van der Waals surface area contributed by atoms with E-state index in [2.05, 4.69) is 15.0 Å². The first-order valence-corrected chi connectivity index (χ1v) is 6.01. The van der Waals surface area contributed by atoms with Crippen LogP contribution in [0.2, 0.25) is 0 Å². The zero-order chi connectivity index (χ0) is 18.4. The number of carboxylic acid groups (broad SMARTS) is 3. The first-order chi connectivity index (χ1) is 11.1. The van der Waals surface area contributed by atoms with Crippen molar-refractivity contribution in [2.45, 2.75) is 0 Å². The maximum Gasteiger partial charge on any atom is 0.335 e. The van der Waals surface area contributed by atoms with Gasteiger partial charge in [0.05, 0.1) is 17.1 Å². The number of carboxylic acids is 3. The van der Waals surface area contributed by atoms with Gasteiger partial charge in [-0.2, -0.15) is 0 Å². The molecule has 1 heterocycles. The summed E-state index contributed by atoms with van der Waals surface area (Å²) in [7, 11) is 0. The number of carbonyl (C=O) groups is 3. The van der Waals surface area contributed by atoms with Gasteiger partial charge in [-0.1, -0.05) is 9.97 Å². The fraction of sp³-hybridized carbons (Fsp3) is 0. The van der Waals surface area contributed by atoms with Crippen LogP contribution in [-0.4, -0.2) is 54.5 Å². The summed E-state index contributed by atoms with van der Waals surface area (Å²) in [5.41, 5.74) is 14.2. The van der Waals surface area contributed by atoms with E-state index in [-0.39, 0.29) is 34.3 Å². The molecule has 0 unspecified atom stereocenters. The Kier molecular flexibility index (Phi) is 11.8. The summed E-state index contributed by atoms with van der Waals surface area (Å²) in [6, 6.07) is 2.55. The Morgan fingerprint density at radius 2 is 1.15 bits per heavy atom. The smallest absolute Gasteiger partial charge is 0.335 e. The van der Waals surface area contributed by atoms with E-state index in [4.69, 9.17) is 27.4 Å². The van der Waals surface area contributed by atoms with Crippen LogP contribution in [0.4, 0.5) is 17.8 Å². The molecule has 0 amide bonds. The van der Waals surface area contributed by atoms with Crippen LogP contribution in [0, 0.1) is 0 Å². The van der Waals surface area contributed by atoms with Gasteiger partial charge in [-0.3, -0.25) is 0 Å². The fourth-order valence-electron chi connectivity index (χ4n) is 1.45. The van der Waals surface area contributed by atoms with Crippen LogP contribution in [0.5, 0.6) is 0 Å². The third-order valence-corrected chi connectivity index (χ3v) is 2.39. The minimum Gasteiger partial charge on any atom is -0.545 e. The second-order valence-electron chi connectivity index (χ2n) is 4.17. The van der Waals surface area contributed by atoms with Crippen LogP contribution in [0.25, 0.3) is 0 Å². The maximum absolute atomic E-state index is 10.5. The number of hydrogen-bond donors (Lipinski definition) is 5. The highest BCUT2D eigenvalue weighted by Gasteiger charge is 2.11. The van der Waals surface area contributed by atoms with Crippen LogP contribution in [0.15, 0.2) is 18.2 Å². The number of benzene rings is 1. The van der Waals surface area contributed by atoms with Crippen LogP contribution in [0.3, 0.4) is 0 Å². The van der Waals surface area contributed by atoms with Crippen LogP contribution in [-0.2, 0) is 0 Å². The van der Waals surface area contributed by atoms with Crippen LogP contribution < -0.4 is 27.3 Å². The molecule has 0 fully saturated rings. The molecular formula is C12H18N6O9. The molecule has 0 aliphatic heterocycles. The Morgan fingerprint density at radius 1 is 0.815 bits per heavy atom. The lowest BCUT2D eigenvalue weighted by Crippen LogP contribution is -2.23. The number of aromatic carboxylic acids is 3. The summed E-state index contributed by atoms with van der Waals surface area (Å²) in [6.07, 6.45) is 0. The normalized spacial score (nSPS) is 8.44. The van der Waals surface area contributed by atoms with Gasteiger partial charge in [0.25, 0.3) is 0 Å². The number of nitrogen functional groups attached to an aromatic ring is 3. The number of rotatable bonds is 3. The highest BCUT2D eigenvalue weighted by Crippen LogP contribution is 2.10. The van der Waals surface area contributed by atoms with Crippen molar-refractivity contribution in [2.24, 2.45) is 0 Å². The van der Waals surface area contributed by atoms with Crippen molar-refractivity contribution in [3.8, 4) is 0 Å². The number of nitrogens with zero attached hydrogens (tertiary/aromatic N) is 2. The zero-order valence-corrected chi connectivity index (χ0v) is 13.4. The van der Waals surface area contributed by atoms with Crippen LogP contribution in [0.1, 0.15) is 31.1 Å². The Balaban J connectivity index is -0.000000420. The van der Waals surface area contributed by atoms with E-state index in [9.17, 15) is 19.5 Å². The Morgan fingerprint density at radius 3 is 1.41 bits per heavy atom. The molecule has 0 spiro atoms. The lowest BCUT2D eigenvalue weighted by atomic mass is 10.1. The first-order valence-electron chi connectivity index (χ1n) is 6.01. The van der Waals surface area contributed by atoms with E-state index in [0.717, 1.165) is 18.2 Å². The second kappa shape index (κ2) is 11.5. The predicted molar refractivity (Wildman–Crippen MR) is 87.4 cm³/mol. The molecule has 15 nitrogen and oxygen atoms in total. The molecule has 2 aromatic rings. The van der Waals surface area contributed by atoms with E-state index in [1.165, 1.54) is 0 Å². The largest absolute Gasteiger partial charge is 0.545 e. The van der Waals surface area contributed by atoms with Crippen molar-refractivity contribution in [2.75, 3.05) is 17.2 Å². The van der Waals surface area contributed by atoms with E-state index >= 15 is 0 Å². The number of anilines is 3. The standard InChI is InChI=1S/C9H6O6.C3H6N6.3H2O/c10-7(11)4-1-5(8(12)13)3-6(2-4)9(14)15;4-1-7-2(5)9-3(6)8-1;;;/h1-3H,(H,10,11)(H,12,13)(H,14,15);(H6,4,5,6,7,8,9);3*1H2. The van der Waals surface area contributed by atoms with E-state index in [1.54, 1.807) is 0 Å². The van der Waals surface area contributed by atoms with Gasteiger partial charge in [-0.15, -0.1) is 0 Å². The molecule has 27 heavy (non-hydrogen) atoms. The number of nitrogens with two attached hydrogens (primary N) is 3. The van der Waals surface area contributed by atoms with Gasteiger partial charge < -0.3 is 53.7 Å². The number of carbonyl (C=O) groups excluding carboxylic acids is 1. The SMILES string of the molecule is Nc1nc(N)[nH+]c(N)n1.O.O.O.O=C([O-])c1cc(C(=O)O)cc(C(=O)O)c1. The highest BCUT2D eigenvalue weighted by molar-refractivity contribution is 5.98. The second-order valence-corrected chi connectivity index (χ2v) is 4.17. The summed E-state index contributed by atoms with van der Waals surface area (Å²) < 4.78 is 0. The van der Waals surface area contributed by atoms with Crippen molar-refractivity contribution >= 4 is 35.8 Å². The quantitative estimate of drug-likeness (QED) is 0.330. The summed E-state index contributed by atoms with van der Waals surface area (Å²) in [5.74, 6) is -4.02. The molecular weight excluding hydrogens is 372 g/mol. The number of aromatic amines is 1. The molecule has 2 rings (SSSR count). The molecule has 150 valence electrons. The Bertz CT molecular complexity index is 684. The molecule has 0 radical (unpaired) electrons. The summed E-state index contributed by atoms with van der Waals surface area (Å²) in [4.78, 5) is 41.1. The minimum atomic E-state index is -1.62. The van der Waals surface area contributed by atoms with Crippen LogP contribution >= 0.6 is 0 Å². The topological polar surface area (TPSA) is 327 Å². The Labute approximate surface area is 150 Å². The lowest BCUT2D eigenvalue weighted by Gasteiger charge is -2.05. The Hall–Kier alpha value is -4.08. The number of aromatic nitrogens is 3. The van der Waals surface area contributed by atoms with Crippen molar-refractivity contribution in [1.82, 2.24) is 9.97 Å².